The van der Waals surface area contributed by atoms with E-state index in [1.54, 1.807) is 7.11 Å². The molecule has 0 aliphatic heterocycles. The van der Waals surface area contributed by atoms with Crippen molar-refractivity contribution in [3.8, 4) is 0 Å². The van der Waals surface area contributed by atoms with Crippen molar-refractivity contribution in [3.05, 3.63) is 0 Å². The van der Waals surface area contributed by atoms with Crippen molar-refractivity contribution in [1.29, 1.82) is 0 Å². The van der Waals surface area contributed by atoms with Crippen LogP contribution in [0.5, 0.6) is 0 Å². The monoisotopic (exact) mass is 314 g/mol. The zero-order chi connectivity index (χ0) is 16.8. The maximum atomic E-state index is 12.2. The quantitative estimate of drug-likeness (QED) is 0.664. The zero-order valence-corrected chi connectivity index (χ0v) is 15.2. The summed E-state index contributed by atoms with van der Waals surface area (Å²) in [6.45, 7) is 12.5. The Morgan fingerprint density at radius 2 is 1.82 bits per heavy atom. The Balaban J connectivity index is 2.21. The molecule has 0 heterocycles. The maximum absolute atomic E-state index is 12.2. The molecule has 1 rings (SSSR count). The first-order valence-corrected chi connectivity index (χ1v) is 8.40. The highest BCUT2D eigenvalue weighted by molar-refractivity contribution is 5.69. The predicted octanol–water partition coefficient (Wildman–Crippen LogP) is 3.18. The summed E-state index contributed by atoms with van der Waals surface area (Å²) < 4.78 is 10.9. The lowest BCUT2D eigenvalue weighted by atomic mass is 10.1. The third kappa shape index (κ3) is 7.99. The molecule has 0 aromatic heterocycles. The molecule has 130 valence electrons. The molecular weight excluding hydrogens is 280 g/mol. The summed E-state index contributed by atoms with van der Waals surface area (Å²) in [5.41, 5.74) is -0.502. The largest absolute Gasteiger partial charge is 0.444 e. The van der Waals surface area contributed by atoms with Gasteiger partial charge in [-0.2, -0.15) is 0 Å². The third-order valence-corrected chi connectivity index (χ3v) is 3.82. The van der Waals surface area contributed by atoms with Gasteiger partial charge >= 0.3 is 6.09 Å². The predicted molar refractivity (Wildman–Crippen MR) is 89.2 cm³/mol. The summed E-state index contributed by atoms with van der Waals surface area (Å²) >= 11 is 0. The van der Waals surface area contributed by atoms with Gasteiger partial charge in [0, 0.05) is 19.7 Å². The van der Waals surface area contributed by atoms with E-state index in [9.17, 15) is 4.79 Å². The SMILES string of the molecule is COC(C)(C)CCNCCCN(C(=O)OC(C)(C)C)C1CC1. The topological polar surface area (TPSA) is 50.8 Å². The summed E-state index contributed by atoms with van der Waals surface area (Å²) in [5.74, 6) is 0. The van der Waals surface area contributed by atoms with E-state index >= 15 is 0 Å². The van der Waals surface area contributed by atoms with Gasteiger partial charge in [0.1, 0.15) is 5.60 Å². The van der Waals surface area contributed by atoms with Crippen LogP contribution >= 0.6 is 0 Å². The van der Waals surface area contributed by atoms with E-state index in [2.05, 4.69) is 19.2 Å². The van der Waals surface area contributed by atoms with E-state index in [0.717, 1.165) is 45.3 Å². The van der Waals surface area contributed by atoms with Gasteiger partial charge in [0.2, 0.25) is 0 Å². The normalized spacial score (nSPS) is 15.7. The Kier molecular flexibility index (Phi) is 7.13. The molecule has 1 aliphatic carbocycles. The number of carbonyl (C=O) groups excluding carboxylic acids is 1. The van der Waals surface area contributed by atoms with Crippen LogP contribution in [0.3, 0.4) is 0 Å². The molecule has 0 unspecified atom stereocenters. The minimum atomic E-state index is -0.422. The molecule has 0 bridgehead atoms. The summed E-state index contributed by atoms with van der Waals surface area (Å²) in [5, 5.41) is 3.42. The number of carbonyl (C=O) groups is 1. The van der Waals surface area contributed by atoms with Crippen molar-refractivity contribution in [1.82, 2.24) is 10.2 Å². The van der Waals surface area contributed by atoms with E-state index in [4.69, 9.17) is 9.47 Å². The fourth-order valence-corrected chi connectivity index (χ4v) is 2.12. The van der Waals surface area contributed by atoms with Crippen LogP contribution in [-0.4, -0.2) is 55.0 Å². The molecule has 5 nitrogen and oxygen atoms in total. The summed E-state index contributed by atoms with van der Waals surface area (Å²) in [6, 6.07) is 0.391. The first kappa shape index (κ1) is 19.2. The molecule has 1 fully saturated rings. The lowest BCUT2D eigenvalue weighted by molar-refractivity contribution is 0.0158. The minimum Gasteiger partial charge on any atom is -0.444 e. The van der Waals surface area contributed by atoms with Gasteiger partial charge in [-0.25, -0.2) is 4.79 Å². The van der Waals surface area contributed by atoms with E-state index in [1.807, 2.05) is 25.7 Å². The highest BCUT2D eigenvalue weighted by atomic mass is 16.6. The number of amides is 1. The summed E-state index contributed by atoms with van der Waals surface area (Å²) in [6.07, 6.45) is 3.96. The van der Waals surface area contributed by atoms with Crippen LogP contribution in [0.25, 0.3) is 0 Å². The van der Waals surface area contributed by atoms with Gasteiger partial charge in [-0.05, 0) is 73.4 Å². The van der Waals surface area contributed by atoms with E-state index < -0.39 is 5.60 Å². The highest BCUT2D eigenvalue weighted by Crippen LogP contribution is 2.28. The Morgan fingerprint density at radius 3 is 2.32 bits per heavy atom. The highest BCUT2D eigenvalue weighted by Gasteiger charge is 2.34. The van der Waals surface area contributed by atoms with Gasteiger partial charge in [-0.3, -0.25) is 0 Å². The van der Waals surface area contributed by atoms with Crippen LogP contribution in [0, 0.1) is 0 Å². The molecule has 0 spiro atoms. The van der Waals surface area contributed by atoms with Crippen LogP contribution in [0.4, 0.5) is 4.79 Å². The third-order valence-electron chi connectivity index (χ3n) is 3.82. The van der Waals surface area contributed by atoms with Crippen LogP contribution in [0.1, 0.15) is 60.3 Å². The number of rotatable bonds is 9. The maximum Gasteiger partial charge on any atom is 0.410 e. The van der Waals surface area contributed by atoms with Gasteiger partial charge in [-0.1, -0.05) is 0 Å². The second kappa shape index (κ2) is 8.16. The van der Waals surface area contributed by atoms with Gasteiger partial charge in [-0.15, -0.1) is 0 Å². The molecule has 0 aromatic carbocycles. The van der Waals surface area contributed by atoms with Gasteiger partial charge in [0.05, 0.1) is 5.60 Å². The number of nitrogens with zero attached hydrogens (tertiary/aromatic N) is 1. The van der Waals surface area contributed by atoms with Gasteiger partial charge < -0.3 is 19.7 Å². The number of ether oxygens (including phenoxy) is 2. The number of nitrogens with one attached hydrogen (secondary N) is 1. The van der Waals surface area contributed by atoms with Crippen molar-refractivity contribution in [3.63, 3.8) is 0 Å². The smallest absolute Gasteiger partial charge is 0.410 e. The average Bonchev–Trinajstić information content (AvgIpc) is 3.20. The molecule has 22 heavy (non-hydrogen) atoms. The van der Waals surface area contributed by atoms with Crippen LogP contribution in [0.15, 0.2) is 0 Å². The van der Waals surface area contributed by atoms with Crippen LogP contribution in [0.2, 0.25) is 0 Å². The van der Waals surface area contributed by atoms with E-state index in [0.29, 0.717) is 6.04 Å². The molecule has 0 saturated heterocycles. The van der Waals surface area contributed by atoms with Crippen LogP contribution < -0.4 is 5.32 Å². The first-order chi connectivity index (χ1) is 10.1. The summed E-state index contributed by atoms with van der Waals surface area (Å²) in [4.78, 5) is 14.1. The van der Waals surface area contributed by atoms with Crippen molar-refractivity contribution in [2.24, 2.45) is 0 Å². The zero-order valence-electron chi connectivity index (χ0n) is 15.2. The van der Waals surface area contributed by atoms with Crippen molar-refractivity contribution >= 4 is 6.09 Å². The molecule has 1 aliphatic rings. The Morgan fingerprint density at radius 1 is 1.18 bits per heavy atom. The molecule has 1 amide bonds. The van der Waals surface area contributed by atoms with E-state index in [1.165, 1.54) is 0 Å². The van der Waals surface area contributed by atoms with Crippen LogP contribution in [-0.2, 0) is 9.47 Å². The average molecular weight is 314 g/mol. The van der Waals surface area contributed by atoms with Crippen molar-refractivity contribution in [2.75, 3.05) is 26.7 Å². The Bertz CT molecular complexity index is 346. The van der Waals surface area contributed by atoms with Crippen molar-refractivity contribution in [2.45, 2.75) is 77.5 Å². The molecule has 5 heteroatoms. The number of hydrogen-bond donors (Lipinski definition) is 1. The Labute approximate surface area is 135 Å². The fourth-order valence-electron chi connectivity index (χ4n) is 2.12. The molecule has 1 saturated carbocycles. The van der Waals surface area contributed by atoms with Gasteiger partial charge in [0.25, 0.3) is 0 Å². The standard InChI is InChI=1S/C17H34N2O3/c1-16(2,3)22-15(20)19(14-8-9-14)13-7-11-18-12-10-17(4,5)21-6/h14,18H,7-13H2,1-6H3. The first-order valence-electron chi connectivity index (χ1n) is 8.40. The molecule has 0 radical (unpaired) electrons. The lowest BCUT2D eigenvalue weighted by Crippen LogP contribution is -2.39. The summed E-state index contributed by atoms with van der Waals surface area (Å²) in [7, 11) is 1.74. The molecule has 1 N–H and O–H groups in total. The number of hydrogen-bond acceptors (Lipinski definition) is 4. The second-order valence-electron chi connectivity index (χ2n) is 7.72. The fraction of sp³-hybridized carbons (Fsp3) is 0.941. The second-order valence-corrected chi connectivity index (χ2v) is 7.72. The van der Waals surface area contributed by atoms with Gasteiger partial charge in [0.15, 0.2) is 0 Å². The Hall–Kier alpha value is -0.810. The minimum absolute atomic E-state index is 0.0798. The molecule has 0 aromatic rings. The van der Waals surface area contributed by atoms with E-state index in [-0.39, 0.29) is 11.7 Å². The molecular formula is C17H34N2O3. The van der Waals surface area contributed by atoms with Crippen molar-refractivity contribution < 1.29 is 14.3 Å². The molecule has 0 atom stereocenters. The lowest BCUT2D eigenvalue weighted by Gasteiger charge is -2.27. The number of methoxy groups -OCH3 is 1.